The standard InChI is InChI=1S/2C11H21NO9.ClH/c2*13-3-4-7(16)5(14)1-12(4)2-6(15)8(17)9(18)10(19)11(20)21;/h2*4-10,13-19H,1-3H2,(H,20,21);1H/t4-,5-,6+,7-,8-,9+,10+;4-,5-,6-,7-,8+,9-,10-;/m10./s1. The lowest BCUT2D eigenvalue weighted by atomic mass is 10.0. The summed E-state index contributed by atoms with van der Waals surface area (Å²) in [5, 5.41) is 151. The van der Waals surface area contributed by atoms with E-state index in [4.69, 9.17) is 25.5 Å². The minimum Gasteiger partial charge on any atom is -1.00 e. The molecule has 20 nitrogen and oxygen atoms in total. The van der Waals surface area contributed by atoms with E-state index in [0.717, 1.165) is 0 Å². The van der Waals surface area contributed by atoms with Gasteiger partial charge in [-0.3, -0.25) is 0 Å². The first-order chi connectivity index (χ1) is 19.4. The van der Waals surface area contributed by atoms with Gasteiger partial charge in [-0.25, -0.2) is 4.79 Å². The van der Waals surface area contributed by atoms with Crippen molar-refractivity contribution in [2.75, 3.05) is 39.4 Å². The van der Waals surface area contributed by atoms with Crippen LogP contribution in [0.3, 0.4) is 0 Å². The number of aliphatic hydroxyl groups excluding tert-OH is 14. The summed E-state index contributed by atoms with van der Waals surface area (Å²) in [5.41, 5.74) is 0. The van der Waals surface area contributed by atoms with Crippen LogP contribution in [0.25, 0.3) is 0 Å². The topological polar surface area (TPSA) is 370 Å². The van der Waals surface area contributed by atoms with Gasteiger partial charge in [0.15, 0.2) is 6.10 Å². The van der Waals surface area contributed by atoms with Gasteiger partial charge in [0.25, 0.3) is 0 Å². The highest BCUT2D eigenvalue weighted by molar-refractivity contribution is 5.72. The van der Waals surface area contributed by atoms with Gasteiger partial charge in [0, 0.05) is 0 Å². The van der Waals surface area contributed by atoms with Gasteiger partial charge >= 0.3 is 5.97 Å². The van der Waals surface area contributed by atoms with Crippen molar-refractivity contribution >= 4 is 11.9 Å². The molecule has 0 aliphatic carbocycles. The van der Waals surface area contributed by atoms with Gasteiger partial charge in [-0.05, 0) is 0 Å². The molecule has 256 valence electrons. The van der Waals surface area contributed by atoms with E-state index in [-0.39, 0.29) is 38.6 Å². The number of aliphatic carboxylic acids is 2. The highest BCUT2D eigenvalue weighted by Gasteiger charge is 2.47. The number of nitrogens with one attached hydrogen (secondary N) is 2. The maximum absolute atomic E-state index is 10.5. The molecule has 0 radical (unpaired) electrons. The van der Waals surface area contributed by atoms with Crippen molar-refractivity contribution in [2.24, 2.45) is 0 Å². The quantitative estimate of drug-likeness (QED) is 0.0823. The molecule has 2 heterocycles. The van der Waals surface area contributed by atoms with Gasteiger partial charge in [-0.1, -0.05) is 0 Å². The first-order valence-electron chi connectivity index (χ1n) is 12.9. The Morgan fingerprint density at radius 3 is 1.26 bits per heavy atom. The predicted molar refractivity (Wildman–Crippen MR) is 128 cm³/mol. The average molecular weight is 659 g/mol. The van der Waals surface area contributed by atoms with Crippen molar-refractivity contribution in [1.29, 1.82) is 0 Å². The van der Waals surface area contributed by atoms with Gasteiger partial charge in [0.2, 0.25) is 0 Å². The molecule has 2 unspecified atom stereocenters. The number of carboxylic acid groups (broad SMARTS) is 2. The molecular formula is C22H43ClN2O18. The first kappa shape index (κ1) is 41.6. The lowest BCUT2D eigenvalue weighted by Crippen LogP contribution is -3.16. The molecule has 0 amide bonds. The lowest BCUT2D eigenvalue weighted by molar-refractivity contribution is -0.919. The van der Waals surface area contributed by atoms with Crippen LogP contribution in [0.2, 0.25) is 0 Å². The summed E-state index contributed by atoms with van der Waals surface area (Å²) >= 11 is 0. The molecule has 17 N–H and O–H groups in total. The normalized spacial score (nSPS) is 34.4. The number of rotatable bonds is 14. The number of hydrogen-bond acceptors (Lipinski definition) is 17. The summed E-state index contributed by atoms with van der Waals surface area (Å²) in [6.45, 7) is -1.47. The second-order valence-electron chi connectivity index (χ2n) is 10.5. The van der Waals surface area contributed by atoms with Crippen LogP contribution in [0.1, 0.15) is 0 Å². The molecule has 0 spiro atoms. The summed E-state index contributed by atoms with van der Waals surface area (Å²) in [4.78, 5) is 21.6. The van der Waals surface area contributed by atoms with Crippen molar-refractivity contribution in [1.82, 2.24) is 0 Å². The number of hydrogen-bond donors (Lipinski definition) is 17. The number of carbonyl (C=O) groups is 2. The van der Waals surface area contributed by atoms with Gasteiger partial charge in [-0.15, -0.1) is 0 Å². The fourth-order valence-corrected chi connectivity index (χ4v) is 4.94. The maximum atomic E-state index is 10.5. The van der Waals surface area contributed by atoms with Crippen molar-refractivity contribution in [2.45, 2.75) is 85.3 Å². The molecular weight excluding hydrogens is 616 g/mol. The van der Waals surface area contributed by atoms with E-state index in [1.54, 1.807) is 0 Å². The molecule has 2 aliphatic rings. The van der Waals surface area contributed by atoms with Gasteiger partial charge in [-0.2, -0.15) is 0 Å². The number of halogens is 1. The minimum absolute atomic E-state index is 0. The zero-order valence-electron chi connectivity index (χ0n) is 22.6. The van der Waals surface area contributed by atoms with Crippen molar-refractivity contribution in [3.05, 3.63) is 0 Å². The molecule has 2 rings (SSSR count). The van der Waals surface area contributed by atoms with Crippen molar-refractivity contribution < 1.29 is 114 Å². The largest absolute Gasteiger partial charge is 1.00 e. The van der Waals surface area contributed by atoms with E-state index >= 15 is 0 Å². The Balaban J connectivity index is 0.000000802. The molecule has 43 heavy (non-hydrogen) atoms. The Kier molecular flexibility index (Phi) is 17.9. The molecule has 0 bridgehead atoms. The Bertz CT molecular complexity index is 782. The third kappa shape index (κ3) is 10.9. The molecule has 0 saturated carbocycles. The van der Waals surface area contributed by atoms with Crippen LogP contribution >= 0.6 is 0 Å². The SMILES string of the molecule is O=C(O)[C@@H](O)[C@@H](O)[C@H](O)[C@@H](O)C[NH+]1C[C@@H](O)[C@H](O)[C@H]1CO.O=C([O-])[C@@H](O)[C@@H](O)[C@H](O)[C@@H](O)C[NH+]1C[C@H](O)[C@@H](O)[C@@H]1CO.[Cl-]. The van der Waals surface area contributed by atoms with Crippen LogP contribution in [-0.4, -0.2) is 213 Å². The van der Waals surface area contributed by atoms with Crippen molar-refractivity contribution in [3.8, 4) is 0 Å². The van der Waals surface area contributed by atoms with Gasteiger partial charge in [0.05, 0.1) is 19.2 Å². The van der Waals surface area contributed by atoms with Gasteiger partial charge in [0.1, 0.15) is 105 Å². The summed E-state index contributed by atoms with van der Waals surface area (Å²) in [6, 6.07) is -1.56. The minimum atomic E-state index is -2.37. The average Bonchev–Trinajstić information content (AvgIpc) is 3.37. The van der Waals surface area contributed by atoms with Crippen LogP contribution in [0.4, 0.5) is 0 Å². The van der Waals surface area contributed by atoms with E-state index in [0.29, 0.717) is 9.80 Å². The van der Waals surface area contributed by atoms with Crippen LogP contribution in [-0.2, 0) is 9.59 Å². The predicted octanol–water partition coefficient (Wildman–Crippen LogP) is -17.3. The molecule has 21 heteroatoms. The third-order valence-electron chi connectivity index (χ3n) is 7.57. The molecule has 0 aromatic rings. The number of carboxylic acids is 2. The molecule has 2 fully saturated rings. The Morgan fingerprint density at radius 2 is 0.977 bits per heavy atom. The zero-order chi connectivity index (χ0) is 32.6. The Morgan fingerprint density at radius 1 is 0.651 bits per heavy atom. The summed E-state index contributed by atoms with van der Waals surface area (Å²) < 4.78 is 0. The lowest BCUT2D eigenvalue weighted by Gasteiger charge is -2.29. The molecule has 16 atom stereocenters. The van der Waals surface area contributed by atoms with E-state index in [1.165, 1.54) is 0 Å². The summed E-state index contributed by atoms with van der Waals surface area (Å²) in [5.74, 6) is -3.75. The summed E-state index contributed by atoms with van der Waals surface area (Å²) in [7, 11) is 0. The van der Waals surface area contributed by atoms with Crippen LogP contribution < -0.4 is 27.3 Å². The molecule has 0 aromatic heterocycles. The van der Waals surface area contributed by atoms with Crippen molar-refractivity contribution in [3.63, 3.8) is 0 Å². The molecule has 2 aliphatic heterocycles. The second-order valence-corrected chi connectivity index (χ2v) is 10.5. The zero-order valence-corrected chi connectivity index (χ0v) is 23.4. The Hall–Kier alpha value is -1.41. The first-order valence-corrected chi connectivity index (χ1v) is 12.9. The number of likely N-dealkylation sites (tertiary alicyclic amines) is 2. The highest BCUT2D eigenvalue weighted by atomic mass is 35.5. The number of aliphatic hydroxyl groups is 14. The van der Waals surface area contributed by atoms with Crippen LogP contribution in [0, 0.1) is 0 Å². The number of quaternary nitrogens is 2. The molecule has 0 aromatic carbocycles. The fraction of sp³-hybridized carbons (Fsp3) is 0.909. The molecule has 2 saturated heterocycles. The summed E-state index contributed by atoms with van der Waals surface area (Å²) in [6.07, 6.45) is -20.6. The fourth-order valence-electron chi connectivity index (χ4n) is 4.94. The Labute approximate surface area is 250 Å². The highest BCUT2D eigenvalue weighted by Crippen LogP contribution is 2.08. The monoisotopic (exact) mass is 658 g/mol. The van der Waals surface area contributed by atoms with E-state index < -0.39 is 110 Å². The van der Waals surface area contributed by atoms with Crippen LogP contribution in [0.15, 0.2) is 0 Å². The van der Waals surface area contributed by atoms with Gasteiger partial charge < -0.3 is 109 Å². The van der Waals surface area contributed by atoms with Crippen LogP contribution in [0.5, 0.6) is 0 Å². The maximum Gasteiger partial charge on any atom is 0.335 e. The smallest absolute Gasteiger partial charge is 0.335 e. The second kappa shape index (κ2) is 18.5. The van der Waals surface area contributed by atoms with E-state index in [1.807, 2.05) is 0 Å². The van der Waals surface area contributed by atoms with E-state index in [9.17, 15) is 65.8 Å². The third-order valence-corrected chi connectivity index (χ3v) is 7.57. The van der Waals surface area contributed by atoms with E-state index in [2.05, 4.69) is 0 Å². The number of carbonyl (C=O) groups excluding carboxylic acids is 1.